The van der Waals surface area contributed by atoms with Crippen LogP contribution < -0.4 is 0 Å². The largest absolute Gasteiger partial charge is 0.416 e. The van der Waals surface area contributed by atoms with Gasteiger partial charge in [0.05, 0.1) is 20.3 Å². The van der Waals surface area contributed by atoms with Crippen molar-refractivity contribution in [2.75, 3.05) is 0 Å². The van der Waals surface area contributed by atoms with Crippen LogP contribution in [0.25, 0.3) is 0 Å². The van der Waals surface area contributed by atoms with Crippen molar-refractivity contribution in [3.8, 4) is 0 Å². The molecule has 0 aliphatic carbocycles. The van der Waals surface area contributed by atoms with E-state index in [2.05, 4.69) is 0 Å². The molecule has 19 heavy (non-hydrogen) atoms. The van der Waals surface area contributed by atoms with E-state index >= 15 is 0 Å². The molecule has 0 atom stereocenters. The van der Waals surface area contributed by atoms with Gasteiger partial charge in [-0.3, -0.25) is 4.79 Å². The highest BCUT2D eigenvalue weighted by atomic mass is 35.5. The molecular weight excluding hydrogens is 304 g/mol. The van der Waals surface area contributed by atoms with Gasteiger partial charge in [0.1, 0.15) is 5.82 Å². The lowest BCUT2D eigenvalue weighted by atomic mass is 10.1. The zero-order chi connectivity index (χ0) is 14.2. The van der Waals surface area contributed by atoms with Crippen molar-refractivity contribution in [1.82, 2.24) is 0 Å². The number of hydrogen-bond donors (Lipinski definition) is 0. The first kappa shape index (κ1) is 14.0. The van der Waals surface area contributed by atoms with E-state index in [1.54, 1.807) is 0 Å². The van der Waals surface area contributed by atoms with Gasteiger partial charge in [-0.1, -0.05) is 11.6 Å². The Labute approximate surface area is 114 Å². The van der Waals surface area contributed by atoms with E-state index in [4.69, 9.17) is 11.6 Å². The molecular formula is C12H5ClF4OS. The number of ketones is 1. The van der Waals surface area contributed by atoms with Crippen LogP contribution >= 0.6 is 22.9 Å². The van der Waals surface area contributed by atoms with Gasteiger partial charge < -0.3 is 0 Å². The summed E-state index contributed by atoms with van der Waals surface area (Å²) in [6.45, 7) is 0. The fourth-order valence-corrected chi connectivity index (χ4v) is 2.44. The standard InChI is InChI=1S/C12H5ClF4OS/c13-10-4-3-9(19-10)11(18)7-5-6(12(15,16)17)1-2-8(7)14/h1-5H. The second kappa shape index (κ2) is 4.94. The molecule has 1 aromatic carbocycles. The molecule has 0 fully saturated rings. The Morgan fingerprint density at radius 2 is 1.84 bits per heavy atom. The van der Waals surface area contributed by atoms with Crippen molar-refractivity contribution in [3.05, 3.63) is 56.5 Å². The van der Waals surface area contributed by atoms with E-state index in [9.17, 15) is 22.4 Å². The molecule has 0 bridgehead atoms. The smallest absolute Gasteiger partial charge is 0.288 e. The predicted molar refractivity (Wildman–Crippen MR) is 64.2 cm³/mol. The summed E-state index contributed by atoms with van der Waals surface area (Å²) in [7, 11) is 0. The molecule has 0 spiro atoms. The number of carbonyl (C=O) groups is 1. The fourth-order valence-electron chi connectivity index (χ4n) is 1.44. The van der Waals surface area contributed by atoms with Crippen molar-refractivity contribution in [1.29, 1.82) is 0 Å². The average molecular weight is 309 g/mol. The number of rotatable bonds is 2. The van der Waals surface area contributed by atoms with Crippen molar-refractivity contribution in [2.45, 2.75) is 6.18 Å². The summed E-state index contributed by atoms with van der Waals surface area (Å²) < 4.78 is 51.3. The minimum Gasteiger partial charge on any atom is -0.288 e. The second-order valence-corrected chi connectivity index (χ2v) is 5.34. The molecule has 0 amide bonds. The van der Waals surface area contributed by atoms with E-state index in [1.165, 1.54) is 12.1 Å². The Morgan fingerprint density at radius 1 is 1.16 bits per heavy atom. The summed E-state index contributed by atoms with van der Waals surface area (Å²) in [5.74, 6) is -1.82. The quantitative estimate of drug-likeness (QED) is 0.576. The molecule has 0 aliphatic heterocycles. The molecule has 1 heterocycles. The first-order valence-electron chi connectivity index (χ1n) is 4.96. The van der Waals surface area contributed by atoms with Crippen LogP contribution in [0.2, 0.25) is 4.34 Å². The van der Waals surface area contributed by atoms with Gasteiger partial charge in [-0.25, -0.2) is 4.39 Å². The molecule has 7 heteroatoms. The molecule has 100 valence electrons. The predicted octanol–water partition coefficient (Wildman–Crippen LogP) is 4.79. The van der Waals surface area contributed by atoms with E-state index in [0.29, 0.717) is 22.5 Å². The number of thiophene rings is 1. The molecule has 2 rings (SSSR count). The van der Waals surface area contributed by atoms with E-state index in [1.807, 2.05) is 0 Å². The highest BCUT2D eigenvalue weighted by Crippen LogP contribution is 2.32. The lowest BCUT2D eigenvalue weighted by Gasteiger charge is -2.08. The van der Waals surface area contributed by atoms with Gasteiger partial charge in [0.2, 0.25) is 5.78 Å². The van der Waals surface area contributed by atoms with Crippen LogP contribution in [-0.2, 0) is 6.18 Å². The van der Waals surface area contributed by atoms with E-state index in [0.717, 1.165) is 11.3 Å². The van der Waals surface area contributed by atoms with Crippen LogP contribution in [0.15, 0.2) is 30.3 Å². The average Bonchev–Trinajstić information content (AvgIpc) is 2.74. The number of halogens is 5. The van der Waals surface area contributed by atoms with Gasteiger partial charge in [-0.15, -0.1) is 11.3 Å². The molecule has 0 N–H and O–H groups in total. The summed E-state index contributed by atoms with van der Waals surface area (Å²) >= 11 is 6.51. The minimum absolute atomic E-state index is 0.0863. The van der Waals surface area contributed by atoms with Crippen LogP contribution in [0, 0.1) is 5.82 Å². The number of carbonyl (C=O) groups excluding carboxylic acids is 1. The third-order valence-corrected chi connectivity index (χ3v) is 3.57. The van der Waals surface area contributed by atoms with Crippen molar-refractivity contribution in [2.24, 2.45) is 0 Å². The highest BCUT2D eigenvalue weighted by molar-refractivity contribution is 7.18. The summed E-state index contributed by atoms with van der Waals surface area (Å²) in [6, 6.07) is 4.49. The molecule has 1 nitrogen and oxygen atoms in total. The molecule has 0 aliphatic rings. The Hall–Kier alpha value is -1.40. The lowest BCUT2D eigenvalue weighted by Crippen LogP contribution is -2.09. The SMILES string of the molecule is O=C(c1ccc(Cl)s1)c1cc(C(F)(F)F)ccc1F. The topological polar surface area (TPSA) is 17.1 Å². The second-order valence-electron chi connectivity index (χ2n) is 3.63. The zero-order valence-corrected chi connectivity index (χ0v) is 10.7. The zero-order valence-electron chi connectivity index (χ0n) is 9.09. The fraction of sp³-hybridized carbons (Fsp3) is 0.0833. The number of benzene rings is 1. The first-order valence-corrected chi connectivity index (χ1v) is 6.15. The normalized spacial score (nSPS) is 11.6. The molecule has 0 saturated heterocycles. The number of hydrogen-bond acceptors (Lipinski definition) is 2. The first-order chi connectivity index (χ1) is 8.79. The summed E-state index contributed by atoms with van der Waals surface area (Å²) in [5, 5.41) is 0. The van der Waals surface area contributed by atoms with Crippen molar-refractivity contribution in [3.63, 3.8) is 0 Å². The molecule has 0 unspecified atom stereocenters. The van der Waals surface area contributed by atoms with Crippen LogP contribution in [0.5, 0.6) is 0 Å². The summed E-state index contributed by atoms with van der Waals surface area (Å²) in [6.07, 6.45) is -4.63. The van der Waals surface area contributed by atoms with Crippen molar-refractivity contribution < 1.29 is 22.4 Å². The molecule has 2 aromatic rings. The minimum atomic E-state index is -4.63. The Morgan fingerprint density at radius 3 is 2.37 bits per heavy atom. The Bertz CT molecular complexity index is 633. The van der Waals surface area contributed by atoms with Gasteiger partial charge in [-0.2, -0.15) is 13.2 Å². The molecule has 1 aromatic heterocycles. The Balaban J connectivity index is 2.47. The summed E-state index contributed by atoms with van der Waals surface area (Å²) in [5.41, 5.74) is -1.69. The molecule has 0 saturated carbocycles. The molecule has 0 radical (unpaired) electrons. The van der Waals surface area contributed by atoms with Crippen LogP contribution in [0.4, 0.5) is 17.6 Å². The van der Waals surface area contributed by atoms with Gasteiger partial charge in [0.25, 0.3) is 0 Å². The van der Waals surface area contributed by atoms with Crippen LogP contribution in [0.3, 0.4) is 0 Å². The van der Waals surface area contributed by atoms with Crippen LogP contribution in [-0.4, -0.2) is 5.78 Å². The van der Waals surface area contributed by atoms with E-state index < -0.39 is 28.9 Å². The maximum absolute atomic E-state index is 13.5. The number of alkyl halides is 3. The highest BCUT2D eigenvalue weighted by Gasteiger charge is 2.32. The van der Waals surface area contributed by atoms with Gasteiger partial charge in [-0.05, 0) is 30.3 Å². The van der Waals surface area contributed by atoms with Gasteiger partial charge >= 0.3 is 6.18 Å². The van der Waals surface area contributed by atoms with Crippen molar-refractivity contribution >= 4 is 28.7 Å². The van der Waals surface area contributed by atoms with Gasteiger partial charge in [0.15, 0.2) is 0 Å². The van der Waals surface area contributed by atoms with Gasteiger partial charge in [0, 0.05) is 0 Å². The Kier molecular flexibility index (Phi) is 3.64. The maximum Gasteiger partial charge on any atom is 0.416 e. The third kappa shape index (κ3) is 2.96. The van der Waals surface area contributed by atoms with Crippen LogP contribution in [0.1, 0.15) is 20.8 Å². The van der Waals surface area contributed by atoms with E-state index in [-0.39, 0.29) is 4.88 Å². The lowest BCUT2D eigenvalue weighted by molar-refractivity contribution is -0.137. The third-order valence-electron chi connectivity index (χ3n) is 2.34. The monoisotopic (exact) mass is 308 g/mol. The summed E-state index contributed by atoms with van der Waals surface area (Å²) in [4.78, 5) is 12.0. The maximum atomic E-state index is 13.5.